The van der Waals surface area contributed by atoms with Crippen LogP contribution in [0, 0.1) is 0 Å². The molecule has 1 aliphatic rings. The monoisotopic (exact) mass is 248 g/mol. The molecule has 1 fully saturated rings. The molecule has 1 aromatic carbocycles. The van der Waals surface area contributed by atoms with Crippen molar-refractivity contribution in [2.45, 2.75) is 38.8 Å². The number of anilines is 1. The Bertz CT molecular complexity index is 361. The molecule has 0 aliphatic carbocycles. The van der Waals surface area contributed by atoms with Gasteiger partial charge in [-0.2, -0.15) is 0 Å². The van der Waals surface area contributed by atoms with Gasteiger partial charge in [-0.3, -0.25) is 0 Å². The van der Waals surface area contributed by atoms with E-state index in [1.54, 1.807) is 0 Å². The lowest BCUT2D eigenvalue weighted by Crippen LogP contribution is -2.31. The van der Waals surface area contributed by atoms with Crippen molar-refractivity contribution in [3.8, 4) is 0 Å². The maximum Gasteiger partial charge on any atom is 0.0747 e. The number of hydrogen-bond acceptors (Lipinski definition) is 3. The lowest BCUT2D eigenvalue weighted by Gasteiger charge is -2.25. The number of hydrogen-bond donors (Lipinski definition) is 1. The lowest BCUT2D eigenvalue weighted by molar-refractivity contribution is 0.0664. The second-order valence-corrected chi connectivity index (χ2v) is 5.08. The largest absolute Gasteiger partial charge is 0.376 e. The highest BCUT2D eigenvalue weighted by Crippen LogP contribution is 2.21. The van der Waals surface area contributed by atoms with Crippen molar-refractivity contribution in [2.75, 3.05) is 24.6 Å². The fourth-order valence-electron chi connectivity index (χ4n) is 2.37. The van der Waals surface area contributed by atoms with Gasteiger partial charge >= 0.3 is 0 Å². The Labute approximate surface area is 110 Å². The maximum absolute atomic E-state index is 5.88. The summed E-state index contributed by atoms with van der Waals surface area (Å²) < 4.78 is 5.80. The van der Waals surface area contributed by atoms with Gasteiger partial charge in [0, 0.05) is 31.4 Å². The van der Waals surface area contributed by atoms with E-state index in [1.807, 2.05) is 6.92 Å². The Morgan fingerprint density at radius 1 is 1.39 bits per heavy atom. The molecule has 2 unspecified atom stereocenters. The van der Waals surface area contributed by atoms with Crippen LogP contribution in [0.1, 0.15) is 38.3 Å². The molecule has 1 aromatic rings. The minimum Gasteiger partial charge on any atom is -0.376 e. The van der Waals surface area contributed by atoms with E-state index in [1.165, 1.54) is 11.3 Å². The van der Waals surface area contributed by atoms with Crippen LogP contribution in [-0.2, 0) is 4.74 Å². The molecule has 0 aromatic heterocycles. The third-order valence-corrected chi connectivity index (χ3v) is 3.59. The molecule has 1 heterocycles. The van der Waals surface area contributed by atoms with E-state index in [9.17, 15) is 0 Å². The van der Waals surface area contributed by atoms with Gasteiger partial charge in [-0.25, -0.2) is 0 Å². The molecule has 100 valence electrons. The van der Waals surface area contributed by atoms with Gasteiger partial charge in [0.05, 0.1) is 6.10 Å². The van der Waals surface area contributed by atoms with E-state index >= 15 is 0 Å². The molecule has 0 bridgehead atoms. The second kappa shape index (κ2) is 6.21. The predicted octanol–water partition coefficient (Wildman–Crippen LogP) is 2.71. The van der Waals surface area contributed by atoms with Gasteiger partial charge < -0.3 is 15.4 Å². The van der Waals surface area contributed by atoms with Crippen molar-refractivity contribution < 1.29 is 4.74 Å². The average molecular weight is 248 g/mol. The minimum atomic E-state index is 0.106. The van der Waals surface area contributed by atoms with Gasteiger partial charge in [0.2, 0.25) is 0 Å². The van der Waals surface area contributed by atoms with Crippen LogP contribution in [-0.4, -0.2) is 25.8 Å². The molecule has 3 heteroatoms. The second-order valence-electron chi connectivity index (χ2n) is 5.08. The summed E-state index contributed by atoms with van der Waals surface area (Å²) in [5, 5.41) is 0. The number of rotatable bonds is 3. The summed E-state index contributed by atoms with van der Waals surface area (Å²) >= 11 is 0. The smallest absolute Gasteiger partial charge is 0.0747 e. The van der Waals surface area contributed by atoms with Gasteiger partial charge in [-0.05, 0) is 37.5 Å². The third-order valence-electron chi connectivity index (χ3n) is 3.59. The van der Waals surface area contributed by atoms with Crippen LogP contribution in [0.4, 0.5) is 5.69 Å². The molecule has 1 aliphatic heterocycles. The number of nitrogens with zero attached hydrogens (tertiary/aromatic N) is 1. The zero-order valence-electron chi connectivity index (χ0n) is 11.4. The summed E-state index contributed by atoms with van der Waals surface area (Å²) in [5.41, 5.74) is 8.35. The first-order valence-electron chi connectivity index (χ1n) is 6.92. The fourth-order valence-corrected chi connectivity index (χ4v) is 2.37. The average Bonchev–Trinajstić information content (AvgIpc) is 2.64. The summed E-state index contributed by atoms with van der Waals surface area (Å²) in [7, 11) is 0. The molecule has 3 nitrogen and oxygen atoms in total. The molecule has 18 heavy (non-hydrogen) atoms. The topological polar surface area (TPSA) is 38.5 Å². The van der Waals surface area contributed by atoms with Crippen LogP contribution in [0.3, 0.4) is 0 Å². The third kappa shape index (κ3) is 3.24. The molecule has 0 radical (unpaired) electrons. The zero-order valence-corrected chi connectivity index (χ0v) is 11.4. The van der Waals surface area contributed by atoms with Gasteiger partial charge in [0.25, 0.3) is 0 Å². The molecule has 2 atom stereocenters. The first-order chi connectivity index (χ1) is 8.70. The van der Waals surface area contributed by atoms with E-state index in [0.29, 0.717) is 6.10 Å². The molecule has 2 N–H and O–H groups in total. The van der Waals surface area contributed by atoms with Crippen LogP contribution >= 0.6 is 0 Å². The summed E-state index contributed by atoms with van der Waals surface area (Å²) in [5.74, 6) is 0. The Hall–Kier alpha value is -1.06. The molecule has 0 saturated carbocycles. The van der Waals surface area contributed by atoms with E-state index in [2.05, 4.69) is 36.1 Å². The number of benzene rings is 1. The van der Waals surface area contributed by atoms with Gasteiger partial charge in [0.1, 0.15) is 0 Å². The molecular formula is C15H24N2O. The molecule has 0 amide bonds. The standard InChI is InChI=1S/C15H24N2O/c1-3-15-11-17(9-4-10-18-15)14-7-5-13(6-8-14)12(2)16/h5-8,12,15H,3-4,9-11,16H2,1-2H3. The van der Waals surface area contributed by atoms with E-state index in [-0.39, 0.29) is 6.04 Å². The van der Waals surface area contributed by atoms with Crippen LogP contribution in [0.25, 0.3) is 0 Å². The highest BCUT2D eigenvalue weighted by molar-refractivity contribution is 5.48. The van der Waals surface area contributed by atoms with Gasteiger partial charge in [0.15, 0.2) is 0 Å². The van der Waals surface area contributed by atoms with Crippen LogP contribution in [0.2, 0.25) is 0 Å². The molecule has 0 spiro atoms. The van der Waals surface area contributed by atoms with Gasteiger partial charge in [-0.15, -0.1) is 0 Å². The Morgan fingerprint density at radius 3 is 2.72 bits per heavy atom. The Morgan fingerprint density at radius 2 is 2.11 bits per heavy atom. The Balaban J connectivity index is 2.09. The van der Waals surface area contributed by atoms with Crippen molar-refractivity contribution >= 4 is 5.69 Å². The van der Waals surface area contributed by atoms with Crippen molar-refractivity contribution in [2.24, 2.45) is 5.73 Å². The number of nitrogens with two attached hydrogens (primary N) is 1. The SMILES string of the molecule is CCC1CN(c2ccc(C(C)N)cc2)CCCO1. The Kier molecular flexibility index (Phi) is 4.61. The highest BCUT2D eigenvalue weighted by Gasteiger charge is 2.17. The summed E-state index contributed by atoms with van der Waals surface area (Å²) in [6.07, 6.45) is 2.54. The van der Waals surface area contributed by atoms with Crippen LogP contribution < -0.4 is 10.6 Å². The molecular weight excluding hydrogens is 224 g/mol. The molecule has 2 rings (SSSR count). The minimum absolute atomic E-state index is 0.106. The summed E-state index contributed by atoms with van der Waals surface area (Å²) in [4.78, 5) is 2.42. The zero-order chi connectivity index (χ0) is 13.0. The van der Waals surface area contributed by atoms with E-state index < -0.39 is 0 Å². The van der Waals surface area contributed by atoms with Crippen LogP contribution in [0.15, 0.2) is 24.3 Å². The predicted molar refractivity (Wildman–Crippen MR) is 75.9 cm³/mol. The molecule has 1 saturated heterocycles. The van der Waals surface area contributed by atoms with Crippen molar-refractivity contribution in [1.29, 1.82) is 0 Å². The normalized spacial score (nSPS) is 22.6. The van der Waals surface area contributed by atoms with E-state index in [0.717, 1.165) is 32.5 Å². The van der Waals surface area contributed by atoms with Gasteiger partial charge in [-0.1, -0.05) is 19.1 Å². The number of ether oxygens (including phenoxy) is 1. The fraction of sp³-hybridized carbons (Fsp3) is 0.600. The van der Waals surface area contributed by atoms with E-state index in [4.69, 9.17) is 10.5 Å². The van der Waals surface area contributed by atoms with Crippen molar-refractivity contribution in [3.63, 3.8) is 0 Å². The van der Waals surface area contributed by atoms with Crippen molar-refractivity contribution in [3.05, 3.63) is 29.8 Å². The maximum atomic E-state index is 5.88. The van der Waals surface area contributed by atoms with Crippen LogP contribution in [0.5, 0.6) is 0 Å². The summed E-state index contributed by atoms with van der Waals surface area (Å²) in [6, 6.07) is 8.72. The summed E-state index contributed by atoms with van der Waals surface area (Å²) in [6.45, 7) is 7.16. The highest BCUT2D eigenvalue weighted by atomic mass is 16.5. The van der Waals surface area contributed by atoms with Crippen molar-refractivity contribution in [1.82, 2.24) is 0 Å². The first-order valence-corrected chi connectivity index (χ1v) is 6.92. The lowest BCUT2D eigenvalue weighted by atomic mass is 10.1. The first kappa shape index (κ1) is 13.4. The quantitative estimate of drug-likeness (QED) is 0.894.